The molecule has 2 aromatic rings. The molecule has 1 saturated heterocycles. The standard InChI is InChI=1S/C53H77N3O12/c1-31-24-23-25-32(2)52(64)55-43-38(30-54-56-27-21-19-17-15-13-11-10-12-14-16-18-20-22-28-56)47(61)40-41(48(43)62)46(60)36(6)50-42(40)51(63)53(8,68-50)66-29-26-39(65-9)33(3)49(67-37(7)57)35(5)45(59)34(4)44(31)58/h23-26,29-31,33-35,39,44-45,49,58-62H,10-22,27-28H2,1-9H3,(H,55,64)/b24-23+,29-26+,32-25-,54-30+/t31-,33+,34+,35+,39-,44-,45+,49+,53-/m0/s1. The molecule has 2 aromatic carbocycles. The number of ether oxygens (including phenoxy) is 4. The number of ketones is 1. The first-order valence-corrected chi connectivity index (χ1v) is 24.7. The Kier molecular flexibility index (Phi) is 19.3. The van der Waals surface area contributed by atoms with E-state index >= 15 is 0 Å². The van der Waals surface area contributed by atoms with Gasteiger partial charge in [0.1, 0.15) is 23.4 Å². The topological polar surface area (TPSA) is 217 Å². The summed E-state index contributed by atoms with van der Waals surface area (Å²) in [5, 5.41) is 68.4. The van der Waals surface area contributed by atoms with Gasteiger partial charge in [-0.3, -0.25) is 19.4 Å². The van der Waals surface area contributed by atoms with E-state index in [-0.39, 0.29) is 44.5 Å². The number of carbonyl (C=O) groups excluding carboxylic acids is 3. The molecular weight excluding hydrogens is 871 g/mol. The average Bonchev–Trinajstić information content (AvgIpc) is 3.57. The minimum atomic E-state index is -2.05. The molecule has 6 N–H and O–H groups in total. The molecule has 15 nitrogen and oxygen atoms in total. The van der Waals surface area contributed by atoms with Crippen molar-refractivity contribution in [1.29, 1.82) is 0 Å². The number of amides is 1. The van der Waals surface area contributed by atoms with Gasteiger partial charge >= 0.3 is 11.8 Å². The highest BCUT2D eigenvalue weighted by Crippen LogP contribution is 2.55. The number of benzene rings is 2. The fraction of sp³-hybridized carbons (Fsp3) is 0.623. The quantitative estimate of drug-likeness (QED) is 0.0730. The predicted octanol–water partition coefficient (Wildman–Crippen LogP) is 9.47. The van der Waals surface area contributed by atoms with Gasteiger partial charge in [-0.1, -0.05) is 117 Å². The van der Waals surface area contributed by atoms with Crippen LogP contribution in [0.4, 0.5) is 5.69 Å². The number of nitrogens with zero attached hydrogens (tertiary/aromatic N) is 2. The van der Waals surface area contributed by atoms with Gasteiger partial charge in [-0.25, -0.2) is 0 Å². The molecule has 0 unspecified atom stereocenters. The van der Waals surface area contributed by atoms with Gasteiger partial charge in [-0.2, -0.15) is 5.10 Å². The van der Waals surface area contributed by atoms with Crippen LogP contribution in [-0.4, -0.2) is 105 Å². The first-order valence-electron chi connectivity index (χ1n) is 24.7. The SMILES string of the molecule is CO[C@H]1/C=C/O[C@@]2(C)Oc3c(C)c(O)c4c(O)c(c(/C=N/N5CCCCCCCCCCCCCCC5)c(O)c4c3C2=O)NC(=O)/C(C)=C\C=C\[C@H](C)[C@H](O)[C@@H](C)[C@@H](O)[C@@H](C)[C@H](OC(C)=O)[C@@H]1C. The number of hydrogen-bond acceptors (Lipinski definition) is 14. The van der Waals surface area contributed by atoms with Gasteiger partial charge in [0.05, 0.1) is 53.0 Å². The molecule has 4 heterocycles. The number of phenols is 3. The van der Waals surface area contributed by atoms with E-state index in [0.29, 0.717) is 13.1 Å². The number of carbonyl (C=O) groups is 3. The Morgan fingerprint density at radius 1 is 0.809 bits per heavy atom. The average molecular weight is 948 g/mol. The van der Waals surface area contributed by atoms with E-state index < -0.39 is 88.8 Å². The van der Waals surface area contributed by atoms with E-state index in [9.17, 15) is 39.9 Å². The van der Waals surface area contributed by atoms with Crippen molar-refractivity contribution in [1.82, 2.24) is 5.01 Å². The van der Waals surface area contributed by atoms with Crippen LogP contribution in [-0.2, 0) is 23.8 Å². The third kappa shape index (κ3) is 12.6. The first-order chi connectivity index (χ1) is 32.3. The van der Waals surface area contributed by atoms with Crippen LogP contribution in [0, 0.1) is 30.6 Å². The molecule has 0 saturated carbocycles. The molecule has 1 amide bonds. The summed E-state index contributed by atoms with van der Waals surface area (Å²) in [5.41, 5.74) is -0.238. The van der Waals surface area contributed by atoms with Crippen molar-refractivity contribution in [2.75, 3.05) is 25.5 Å². The van der Waals surface area contributed by atoms with E-state index in [1.165, 1.54) is 97.5 Å². The van der Waals surface area contributed by atoms with Gasteiger partial charge in [0.2, 0.25) is 0 Å². The second kappa shape index (κ2) is 24.4. The Morgan fingerprint density at radius 3 is 1.94 bits per heavy atom. The van der Waals surface area contributed by atoms with Gasteiger partial charge in [0, 0.05) is 74.2 Å². The normalized spacial score (nSPS) is 30.9. The Morgan fingerprint density at radius 2 is 1.38 bits per heavy atom. The maximum absolute atomic E-state index is 14.7. The lowest BCUT2D eigenvalue weighted by Crippen LogP contribution is -2.46. The predicted molar refractivity (Wildman–Crippen MR) is 263 cm³/mol. The number of Topliss-reactive ketones (excluding diaryl/α,β-unsaturated/α-hetero) is 1. The molecule has 15 heteroatoms. The Labute approximate surface area is 402 Å². The van der Waals surface area contributed by atoms with Crippen molar-refractivity contribution in [3.8, 4) is 23.0 Å². The lowest BCUT2D eigenvalue weighted by Gasteiger charge is -2.38. The van der Waals surface area contributed by atoms with Crippen molar-refractivity contribution in [3.63, 3.8) is 0 Å². The van der Waals surface area contributed by atoms with Crippen LogP contribution in [0.3, 0.4) is 0 Å². The molecular formula is C53H77N3O12. The zero-order valence-corrected chi connectivity index (χ0v) is 41.7. The molecule has 9 atom stereocenters. The van der Waals surface area contributed by atoms with Crippen LogP contribution in [0.2, 0.25) is 0 Å². The zero-order valence-electron chi connectivity index (χ0n) is 41.7. The number of allylic oxidation sites excluding steroid dienone is 2. The third-order valence-corrected chi connectivity index (χ3v) is 14.2. The second-order valence-corrected chi connectivity index (χ2v) is 19.4. The second-order valence-electron chi connectivity index (χ2n) is 19.4. The van der Waals surface area contributed by atoms with Gasteiger partial charge in [-0.15, -0.1) is 0 Å². The number of fused-ring (bicyclic) bond motifs is 14. The van der Waals surface area contributed by atoms with Gasteiger partial charge in [0.25, 0.3) is 11.7 Å². The van der Waals surface area contributed by atoms with Crippen LogP contribution >= 0.6 is 0 Å². The smallest absolute Gasteiger partial charge is 0.312 e. The lowest BCUT2D eigenvalue weighted by molar-refractivity contribution is -0.160. The summed E-state index contributed by atoms with van der Waals surface area (Å²) in [6.07, 6.45) is 19.9. The van der Waals surface area contributed by atoms with Crippen molar-refractivity contribution in [2.24, 2.45) is 28.8 Å². The number of rotatable bonds is 4. The van der Waals surface area contributed by atoms with Crippen LogP contribution < -0.4 is 10.1 Å². The molecule has 376 valence electrons. The molecule has 4 aliphatic heterocycles. The number of anilines is 1. The fourth-order valence-corrected chi connectivity index (χ4v) is 9.77. The van der Waals surface area contributed by atoms with Gasteiger partial charge < -0.3 is 49.8 Å². The minimum absolute atomic E-state index is 0.0696. The molecule has 5 bridgehead atoms. The minimum Gasteiger partial charge on any atom is -0.507 e. The first kappa shape index (κ1) is 53.8. The number of aliphatic hydroxyl groups excluding tert-OH is 2. The highest BCUT2D eigenvalue weighted by atomic mass is 16.7. The molecule has 0 aromatic heterocycles. The summed E-state index contributed by atoms with van der Waals surface area (Å²) < 4.78 is 23.9. The van der Waals surface area contributed by atoms with E-state index in [2.05, 4.69) is 5.32 Å². The van der Waals surface area contributed by atoms with Crippen molar-refractivity contribution < 1.29 is 58.9 Å². The number of hydrazone groups is 1. The molecule has 4 aliphatic rings. The molecule has 68 heavy (non-hydrogen) atoms. The van der Waals surface area contributed by atoms with E-state index in [4.69, 9.17) is 24.0 Å². The summed E-state index contributed by atoms with van der Waals surface area (Å²) in [7, 11) is 1.45. The summed E-state index contributed by atoms with van der Waals surface area (Å²) in [5.74, 6) is -8.23. The summed E-state index contributed by atoms with van der Waals surface area (Å²) in [6.45, 7) is 14.0. The largest absolute Gasteiger partial charge is 0.507 e. The number of hydrogen-bond donors (Lipinski definition) is 6. The molecule has 0 aliphatic carbocycles. The van der Waals surface area contributed by atoms with Crippen molar-refractivity contribution in [3.05, 3.63) is 52.8 Å². The lowest BCUT2D eigenvalue weighted by atomic mass is 9.78. The van der Waals surface area contributed by atoms with Gasteiger partial charge in [-0.05, 0) is 32.8 Å². The number of aliphatic hydroxyl groups is 2. The van der Waals surface area contributed by atoms with E-state index in [1.54, 1.807) is 46.8 Å². The van der Waals surface area contributed by atoms with Gasteiger partial charge in [0.15, 0.2) is 5.75 Å². The fourth-order valence-electron chi connectivity index (χ4n) is 9.77. The zero-order chi connectivity index (χ0) is 49.9. The van der Waals surface area contributed by atoms with Crippen molar-refractivity contribution >= 4 is 40.3 Å². The number of nitrogens with one attached hydrogen (secondary N) is 1. The Hall–Kier alpha value is -5.12. The third-order valence-electron chi connectivity index (χ3n) is 14.2. The van der Waals surface area contributed by atoms with Crippen LogP contribution in [0.5, 0.6) is 23.0 Å². The highest BCUT2D eigenvalue weighted by molar-refractivity contribution is 6.23. The van der Waals surface area contributed by atoms with Crippen LogP contribution in [0.1, 0.15) is 153 Å². The summed E-state index contributed by atoms with van der Waals surface area (Å²) in [4.78, 5) is 41.1. The molecule has 6 rings (SSSR count). The molecule has 1 fully saturated rings. The number of methoxy groups -OCH3 is 1. The maximum atomic E-state index is 14.7. The molecule has 0 spiro atoms. The highest BCUT2D eigenvalue weighted by Gasteiger charge is 2.50. The maximum Gasteiger partial charge on any atom is 0.312 e. The van der Waals surface area contributed by atoms with Crippen molar-refractivity contribution in [2.45, 2.75) is 169 Å². The number of esters is 1. The van der Waals surface area contributed by atoms with E-state index in [0.717, 1.165) is 38.5 Å². The summed E-state index contributed by atoms with van der Waals surface area (Å²) >= 11 is 0. The van der Waals surface area contributed by atoms with Crippen LogP contribution in [0.15, 0.2) is 41.2 Å². The van der Waals surface area contributed by atoms with Crippen LogP contribution in [0.25, 0.3) is 10.8 Å². The molecule has 0 radical (unpaired) electrons. The number of aromatic hydroxyl groups is 3. The monoisotopic (exact) mass is 948 g/mol. The van der Waals surface area contributed by atoms with E-state index in [1.807, 2.05) is 5.01 Å². The summed E-state index contributed by atoms with van der Waals surface area (Å²) in [6, 6.07) is 0. The number of phenolic OH excluding ortho intramolecular Hbond substituents is 3. The Bertz CT molecular complexity index is 2200. The Balaban J connectivity index is 1.66.